The van der Waals surface area contributed by atoms with Crippen molar-refractivity contribution in [3.8, 4) is 0 Å². The summed E-state index contributed by atoms with van der Waals surface area (Å²) in [5.74, 6) is -1.31. The lowest BCUT2D eigenvalue weighted by Gasteiger charge is -2.02. The second kappa shape index (κ2) is 4.99. The van der Waals surface area contributed by atoms with Crippen LogP contribution in [0.15, 0.2) is 23.1 Å². The largest absolute Gasteiger partial charge is 0.481 e. The minimum Gasteiger partial charge on any atom is -0.481 e. The van der Waals surface area contributed by atoms with E-state index < -0.39 is 10.9 Å². The molecule has 80 valence electrons. The van der Waals surface area contributed by atoms with Gasteiger partial charge in [0.15, 0.2) is 0 Å². The average molecular weight is 248 g/mol. The molecule has 0 aliphatic rings. The number of thioether (sulfide) groups is 1. The Morgan fingerprint density at radius 1 is 1.60 bits per heavy atom. The monoisotopic (exact) mass is 247 g/mol. The van der Waals surface area contributed by atoms with Crippen LogP contribution in [0.3, 0.4) is 0 Å². The summed E-state index contributed by atoms with van der Waals surface area (Å²) < 4.78 is 0. The Labute approximate surface area is 94.2 Å². The Balaban J connectivity index is 3.02. The van der Waals surface area contributed by atoms with Gasteiger partial charge in [-0.3, -0.25) is 14.9 Å². The van der Waals surface area contributed by atoms with Gasteiger partial charge in [0.1, 0.15) is 4.90 Å². The molecule has 0 radical (unpaired) electrons. The number of hydrogen-bond donors (Lipinski definition) is 1. The fourth-order valence-corrected chi connectivity index (χ4v) is 2.02. The van der Waals surface area contributed by atoms with Gasteiger partial charge >= 0.3 is 5.97 Å². The smallest absolute Gasteiger partial charge is 0.313 e. The van der Waals surface area contributed by atoms with E-state index in [1.165, 1.54) is 18.2 Å². The molecule has 0 spiro atoms. The SMILES string of the molecule is O=C(O)CSc1c(Cl)cccc1[N+](=O)[O-]. The van der Waals surface area contributed by atoms with Crippen LogP contribution in [0.1, 0.15) is 0 Å². The summed E-state index contributed by atoms with van der Waals surface area (Å²) in [7, 11) is 0. The molecule has 0 aliphatic heterocycles. The number of aliphatic carboxylic acids is 1. The van der Waals surface area contributed by atoms with Crippen LogP contribution in [0.5, 0.6) is 0 Å². The van der Waals surface area contributed by atoms with Crippen molar-refractivity contribution in [1.29, 1.82) is 0 Å². The Morgan fingerprint density at radius 3 is 2.80 bits per heavy atom. The molecule has 1 aromatic carbocycles. The molecule has 0 aliphatic carbocycles. The van der Waals surface area contributed by atoms with Crippen LogP contribution < -0.4 is 0 Å². The maximum absolute atomic E-state index is 10.6. The fraction of sp³-hybridized carbons (Fsp3) is 0.125. The molecule has 0 saturated carbocycles. The summed E-state index contributed by atoms with van der Waals surface area (Å²) in [4.78, 5) is 20.5. The molecule has 15 heavy (non-hydrogen) atoms. The quantitative estimate of drug-likeness (QED) is 0.502. The zero-order chi connectivity index (χ0) is 11.4. The highest BCUT2D eigenvalue weighted by Crippen LogP contribution is 2.35. The number of halogens is 1. The first-order chi connectivity index (χ1) is 7.02. The van der Waals surface area contributed by atoms with Crippen LogP contribution in [0, 0.1) is 10.1 Å². The van der Waals surface area contributed by atoms with Crippen molar-refractivity contribution >= 4 is 35.0 Å². The maximum Gasteiger partial charge on any atom is 0.313 e. The lowest BCUT2D eigenvalue weighted by atomic mass is 10.3. The molecule has 0 fully saturated rings. The highest BCUT2D eigenvalue weighted by Gasteiger charge is 2.17. The highest BCUT2D eigenvalue weighted by molar-refractivity contribution is 8.00. The third-order valence-corrected chi connectivity index (χ3v) is 3.02. The van der Waals surface area contributed by atoms with E-state index in [0.717, 1.165) is 11.8 Å². The van der Waals surface area contributed by atoms with Crippen LogP contribution in [0.2, 0.25) is 5.02 Å². The first kappa shape index (κ1) is 11.8. The number of carboxylic acid groups (broad SMARTS) is 1. The Kier molecular flexibility index (Phi) is 3.93. The van der Waals surface area contributed by atoms with E-state index >= 15 is 0 Å². The molecule has 5 nitrogen and oxygen atoms in total. The van der Waals surface area contributed by atoms with Crippen molar-refractivity contribution in [2.45, 2.75) is 4.90 Å². The normalized spacial score (nSPS) is 9.93. The molecule has 0 saturated heterocycles. The number of nitrogens with zero attached hydrogens (tertiary/aromatic N) is 1. The van der Waals surface area contributed by atoms with Gasteiger partial charge in [0.05, 0.1) is 15.7 Å². The molecule has 1 N–H and O–H groups in total. The molecular weight excluding hydrogens is 242 g/mol. The van der Waals surface area contributed by atoms with Crippen LogP contribution in [0.25, 0.3) is 0 Å². The van der Waals surface area contributed by atoms with Gasteiger partial charge in [-0.25, -0.2) is 0 Å². The van der Waals surface area contributed by atoms with E-state index in [9.17, 15) is 14.9 Å². The maximum atomic E-state index is 10.6. The summed E-state index contributed by atoms with van der Waals surface area (Å²) in [5.41, 5.74) is -0.172. The predicted octanol–water partition coefficient (Wildman–Crippen LogP) is 2.42. The number of benzene rings is 1. The van der Waals surface area contributed by atoms with Crippen molar-refractivity contribution in [2.75, 3.05) is 5.75 Å². The first-order valence-electron chi connectivity index (χ1n) is 3.80. The summed E-state index contributed by atoms with van der Waals surface area (Å²) >= 11 is 6.58. The van der Waals surface area contributed by atoms with Gasteiger partial charge in [0.25, 0.3) is 5.69 Å². The zero-order valence-corrected chi connectivity index (χ0v) is 8.92. The second-order valence-electron chi connectivity index (χ2n) is 2.53. The number of nitro benzene ring substituents is 1. The van der Waals surface area contributed by atoms with Gasteiger partial charge in [-0.1, -0.05) is 17.7 Å². The van der Waals surface area contributed by atoms with E-state index in [0.29, 0.717) is 0 Å². The molecule has 0 aromatic heterocycles. The highest BCUT2D eigenvalue weighted by atomic mass is 35.5. The molecule has 7 heteroatoms. The Hall–Kier alpha value is -1.27. The zero-order valence-electron chi connectivity index (χ0n) is 7.34. The summed E-state index contributed by atoms with van der Waals surface area (Å²) in [6, 6.07) is 4.22. The standard InChI is InChI=1S/C8H6ClNO4S/c9-5-2-1-3-6(10(13)14)8(5)15-4-7(11)12/h1-3H,4H2,(H,11,12). The third-order valence-electron chi connectivity index (χ3n) is 1.48. The molecule has 0 bridgehead atoms. The molecule has 0 unspecified atom stereocenters. The average Bonchev–Trinajstić information content (AvgIpc) is 2.15. The molecule has 0 amide bonds. The molecule has 1 aromatic rings. The fourth-order valence-electron chi connectivity index (χ4n) is 0.918. The first-order valence-corrected chi connectivity index (χ1v) is 5.16. The van der Waals surface area contributed by atoms with Gasteiger partial charge < -0.3 is 5.11 Å². The van der Waals surface area contributed by atoms with Gasteiger partial charge in [-0.2, -0.15) is 0 Å². The van der Waals surface area contributed by atoms with E-state index in [1.807, 2.05) is 0 Å². The molecule has 0 heterocycles. The molecular formula is C8H6ClNO4S. The van der Waals surface area contributed by atoms with Crippen molar-refractivity contribution in [3.63, 3.8) is 0 Å². The van der Waals surface area contributed by atoms with Crippen LogP contribution >= 0.6 is 23.4 Å². The van der Waals surface area contributed by atoms with E-state index in [-0.39, 0.29) is 21.4 Å². The van der Waals surface area contributed by atoms with Gasteiger partial charge in [-0.05, 0) is 6.07 Å². The second-order valence-corrected chi connectivity index (χ2v) is 3.92. The topological polar surface area (TPSA) is 80.4 Å². The number of hydrogen-bond acceptors (Lipinski definition) is 4. The van der Waals surface area contributed by atoms with Gasteiger partial charge in [0, 0.05) is 6.07 Å². The predicted molar refractivity (Wildman–Crippen MR) is 56.5 cm³/mol. The molecule has 0 atom stereocenters. The third kappa shape index (κ3) is 3.10. The number of carboxylic acids is 1. The number of nitro groups is 1. The Morgan fingerprint density at radius 2 is 2.27 bits per heavy atom. The van der Waals surface area contributed by atoms with Crippen molar-refractivity contribution in [1.82, 2.24) is 0 Å². The number of rotatable bonds is 4. The minimum atomic E-state index is -1.05. The van der Waals surface area contributed by atoms with E-state index in [1.54, 1.807) is 0 Å². The van der Waals surface area contributed by atoms with Crippen molar-refractivity contribution < 1.29 is 14.8 Å². The summed E-state index contributed by atoms with van der Waals surface area (Å²) in [6.45, 7) is 0. The van der Waals surface area contributed by atoms with Crippen molar-refractivity contribution in [2.24, 2.45) is 0 Å². The molecule has 1 rings (SSSR count). The van der Waals surface area contributed by atoms with Crippen LogP contribution in [-0.4, -0.2) is 21.8 Å². The van der Waals surface area contributed by atoms with Gasteiger partial charge in [-0.15, -0.1) is 11.8 Å². The number of carbonyl (C=O) groups is 1. The van der Waals surface area contributed by atoms with E-state index in [2.05, 4.69) is 0 Å². The minimum absolute atomic E-state index is 0.172. The van der Waals surface area contributed by atoms with E-state index in [4.69, 9.17) is 16.7 Å². The summed E-state index contributed by atoms with van der Waals surface area (Å²) in [5, 5.41) is 19.3. The van der Waals surface area contributed by atoms with Crippen LogP contribution in [0.4, 0.5) is 5.69 Å². The lowest BCUT2D eigenvalue weighted by molar-refractivity contribution is -0.387. The summed E-state index contributed by atoms with van der Waals surface area (Å²) in [6.07, 6.45) is 0. The van der Waals surface area contributed by atoms with Gasteiger partial charge in [0.2, 0.25) is 0 Å². The van der Waals surface area contributed by atoms with Crippen molar-refractivity contribution in [3.05, 3.63) is 33.3 Å². The van der Waals surface area contributed by atoms with Crippen LogP contribution in [-0.2, 0) is 4.79 Å². The Bertz CT molecular complexity index is 410. The lowest BCUT2D eigenvalue weighted by Crippen LogP contribution is -1.99.